The maximum absolute atomic E-state index is 5.41. The zero-order valence-corrected chi connectivity index (χ0v) is 10.8. The molecule has 0 aliphatic heterocycles. The summed E-state index contributed by atoms with van der Waals surface area (Å²) in [4.78, 5) is 4.34. The summed E-state index contributed by atoms with van der Waals surface area (Å²) < 4.78 is 7.48. The second-order valence-corrected chi connectivity index (χ2v) is 4.81. The van der Waals surface area contributed by atoms with Gasteiger partial charge in [-0.15, -0.1) is 0 Å². The lowest BCUT2D eigenvalue weighted by Crippen LogP contribution is -1.94. The molecule has 0 saturated carbocycles. The predicted molar refractivity (Wildman–Crippen MR) is 73.3 cm³/mol. The fraction of sp³-hybridized carbons (Fsp3) is 0.267. The zero-order valence-electron chi connectivity index (χ0n) is 10.8. The van der Waals surface area contributed by atoms with E-state index in [0.717, 1.165) is 16.9 Å². The van der Waals surface area contributed by atoms with Gasteiger partial charge in [0.2, 0.25) is 0 Å². The molecule has 0 bridgehead atoms. The van der Waals surface area contributed by atoms with Gasteiger partial charge in [-0.25, -0.2) is 4.98 Å². The van der Waals surface area contributed by atoms with Gasteiger partial charge in [0.1, 0.15) is 0 Å². The lowest BCUT2D eigenvalue weighted by molar-refractivity contribution is 0.418. The maximum Gasteiger partial charge on any atom is 0.180 e. The van der Waals surface area contributed by atoms with Crippen LogP contribution in [0.4, 0.5) is 0 Å². The number of ether oxygens (including phenoxy) is 1. The Morgan fingerprint density at radius 2 is 2.06 bits per heavy atom. The lowest BCUT2D eigenvalue weighted by Gasteiger charge is -2.10. The van der Waals surface area contributed by atoms with Gasteiger partial charge >= 0.3 is 0 Å². The summed E-state index contributed by atoms with van der Waals surface area (Å²) in [5.41, 5.74) is 3.36. The van der Waals surface area contributed by atoms with Crippen molar-refractivity contribution in [2.24, 2.45) is 0 Å². The molecule has 3 heteroatoms. The highest BCUT2D eigenvalue weighted by Crippen LogP contribution is 2.28. The number of hydrogen-bond donors (Lipinski definition) is 0. The molecule has 0 aliphatic carbocycles. The second kappa shape index (κ2) is 4.02. The summed E-state index contributed by atoms with van der Waals surface area (Å²) in [5.74, 6) is 1.34. The molecule has 0 N–H and O–H groups in total. The molecular formula is C15H16N2O. The van der Waals surface area contributed by atoms with E-state index in [-0.39, 0.29) is 0 Å². The maximum atomic E-state index is 5.41. The van der Waals surface area contributed by atoms with E-state index < -0.39 is 0 Å². The van der Waals surface area contributed by atoms with Crippen LogP contribution in [0.1, 0.15) is 25.3 Å². The van der Waals surface area contributed by atoms with Gasteiger partial charge in [0, 0.05) is 17.8 Å². The van der Waals surface area contributed by atoms with Crippen molar-refractivity contribution in [2.75, 3.05) is 7.11 Å². The molecule has 18 heavy (non-hydrogen) atoms. The third kappa shape index (κ3) is 1.55. The largest absolute Gasteiger partial charge is 0.493 e. The van der Waals surface area contributed by atoms with E-state index in [4.69, 9.17) is 4.74 Å². The highest BCUT2D eigenvalue weighted by Gasteiger charge is 2.09. The summed E-state index contributed by atoms with van der Waals surface area (Å²) in [6.45, 7) is 4.41. The fourth-order valence-corrected chi connectivity index (χ4v) is 2.30. The normalized spacial score (nSPS) is 11.6. The summed E-state index contributed by atoms with van der Waals surface area (Å²) in [7, 11) is 1.68. The molecule has 0 amide bonds. The fourth-order valence-electron chi connectivity index (χ4n) is 2.30. The van der Waals surface area contributed by atoms with Crippen LogP contribution < -0.4 is 4.74 Å². The number of aromatic nitrogens is 2. The monoisotopic (exact) mass is 240 g/mol. The number of methoxy groups -OCH3 is 1. The Kier molecular flexibility index (Phi) is 2.47. The molecule has 0 saturated heterocycles. The predicted octanol–water partition coefficient (Wildman–Crippen LogP) is 3.62. The molecule has 0 fully saturated rings. The van der Waals surface area contributed by atoms with Crippen molar-refractivity contribution in [3.8, 4) is 5.75 Å². The van der Waals surface area contributed by atoms with Gasteiger partial charge in [-0.2, -0.15) is 0 Å². The molecule has 2 heterocycles. The van der Waals surface area contributed by atoms with E-state index in [0.29, 0.717) is 5.92 Å². The highest BCUT2D eigenvalue weighted by molar-refractivity contribution is 5.85. The first-order valence-corrected chi connectivity index (χ1v) is 6.14. The first kappa shape index (κ1) is 11.1. The SMILES string of the molecule is COc1cc2cc(C(C)C)ccc2n2ccnc12. The first-order valence-electron chi connectivity index (χ1n) is 6.14. The minimum Gasteiger partial charge on any atom is -0.493 e. The Labute approximate surface area is 106 Å². The van der Waals surface area contributed by atoms with Crippen LogP contribution in [0.15, 0.2) is 36.7 Å². The van der Waals surface area contributed by atoms with Gasteiger partial charge < -0.3 is 4.74 Å². The van der Waals surface area contributed by atoms with Gasteiger partial charge in [-0.1, -0.05) is 19.9 Å². The third-order valence-corrected chi connectivity index (χ3v) is 3.35. The standard InChI is InChI=1S/C15H16N2O/c1-10(2)11-4-5-13-12(8-11)9-14(18-3)15-16-6-7-17(13)15/h4-10H,1-3H3. The third-order valence-electron chi connectivity index (χ3n) is 3.35. The van der Waals surface area contributed by atoms with E-state index in [1.54, 1.807) is 13.3 Å². The Hall–Kier alpha value is -2.03. The molecule has 3 rings (SSSR count). The Bertz CT molecular complexity index is 713. The van der Waals surface area contributed by atoms with Crippen molar-refractivity contribution in [3.63, 3.8) is 0 Å². The van der Waals surface area contributed by atoms with E-state index in [2.05, 4.69) is 47.5 Å². The molecular weight excluding hydrogens is 224 g/mol. The molecule has 3 aromatic rings. The van der Waals surface area contributed by atoms with Crippen LogP contribution in [-0.2, 0) is 0 Å². The summed E-state index contributed by atoms with van der Waals surface area (Å²) >= 11 is 0. The van der Waals surface area contributed by atoms with Crippen LogP contribution in [0.5, 0.6) is 5.75 Å². The Balaban J connectivity index is 2.39. The van der Waals surface area contributed by atoms with Crippen LogP contribution >= 0.6 is 0 Å². The quantitative estimate of drug-likeness (QED) is 0.684. The van der Waals surface area contributed by atoms with E-state index in [1.165, 1.54) is 10.9 Å². The molecule has 0 radical (unpaired) electrons. The van der Waals surface area contributed by atoms with Crippen molar-refractivity contribution in [3.05, 3.63) is 42.2 Å². The van der Waals surface area contributed by atoms with Gasteiger partial charge in [0.25, 0.3) is 0 Å². The average Bonchev–Trinajstić information content (AvgIpc) is 2.86. The molecule has 0 aliphatic rings. The number of nitrogens with zero attached hydrogens (tertiary/aromatic N) is 2. The average molecular weight is 240 g/mol. The van der Waals surface area contributed by atoms with E-state index in [9.17, 15) is 0 Å². The number of fused-ring (bicyclic) bond motifs is 3. The van der Waals surface area contributed by atoms with Crippen molar-refractivity contribution in [1.29, 1.82) is 0 Å². The smallest absolute Gasteiger partial charge is 0.180 e. The van der Waals surface area contributed by atoms with Gasteiger partial charge in [-0.3, -0.25) is 4.40 Å². The lowest BCUT2D eigenvalue weighted by atomic mass is 10.0. The van der Waals surface area contributed by atoms with E-state index >= 15 is 0 Å². The zero-order chi connectivity index (χ0) is 12.7. The molecule has 1 aromatic carbocycles. The van der Waals surface area contributed by atoms with Crippen molar-refractivity contribution in [1.82, 2.24) is 9.38 Å². The van der Waals surface area contributed by atoms with E-state index in [1.807, 2.05) is 6.20 Å². The van der Waals surface area contributed by atoms with Crippen LogP contribution in [0.25, 0.3) is 16.6 Å². The number of rotatable bonds is 2. The summed E-state index contributed by atoms with van der Waals surface area (Å²) in [5, 5.41) is 1.18. The van der Waals surface area contributed by atoms with Crippen LogP contribution in [0.3, 0.4) is 0 Å². The number of hydrogen-bond acceptors (Lipinski definition) is 2. The first-order chi connectivity index (χ1) is 8.70. The van der Waals surface area contributed by atoms with Crippen molar-refractivity contribution in [2.45, 2.75) is 19.8 Å². The van der Waals surface area contributed by atoms with Crippen LogP contribution in [0, 0.1) is 0 Å². The molecule has 2 aromatic heterocycles. The van der Waals surface area contributed by atoms with Crippen molar-refractivity contribution >= 4 is 16.6 Å². The van der Waals surface area contributed by atoms with Gasteiger partial charge in [0.05, 0.1) is 12.6 Å². The number of pyridine rings is 1. The number of benzene rings is 1. The topological polar surface area (TPSA) is 26.5 Å². The summed E-state index contributed by atoms with van der Waals surface area (Å²) in [6, 6.07) is 8.61. The Morgan fingerprint density at radius 1 is 1.22 bits per heavy atom. The summed E-state index contributed by atoms with van der Waals surface area (Å²) in [6.07, 6.45) is 3.77. The Morgan fingerprint density at radius 3 is 2.78 bits per heavy atom. The van der Waals surface area contributed by atoms with Crippen molar-refractivity contribution < 1.29 is 4.74 Å². The van der Waals surface area contributed by atoms with Crippen LogP contribution in [0.2, 0.25) is 0 Å². The molecule has 3 nitrogen and oxygen atoms in total. The highest BCUT2D eigenvalue weighted by atomic mass is 16.5. The van der Waals surface area contributed by atoms with Gasteiger partial charge in [0.15, 0.2) is 11.4 Å². The minimum atomic E-state index is 0.527. The second-order valence-electron chi connectivity index (χ2n) is 4.81. The number of imidazole rings is 1. The molecule has 92 valence electrons. The minimum absolute atomic E-state index is 0.527. The molecule has 0 unspecified atom stereocenters. The molecule has 0 atom stereocenters. The van der Waals surface area contributed by atoms with Crippen LogP contribution in [-0.4, -0.2) is 16.5 Å². The van der Waals surface area contributed by atoms with Gasteiger partial charge in [-0.05, 0) is 29.7 Å². The molecule has 0 spiro atoms.